The number of nitrogens with two attached hydrogens (primary N) is 1. The van der Waals surface area contributed by atoms with Gasteiger partial charge in [0.25, 0.3) is 11.8 Å². The highest BCUT2D eigenvalue weighted by Crippen LogP contribution is 2.30. The molecule has 0 radical (unpaired) electrons. The molecule has 3 rings (SSSR count). The highest BCUT2D eigenvalue weighted by molar-refractivity contribution is 6.13. The molecule has 7 nitrogen and oxygen atoms in total. The molecule has 3 N–H and O–H groups in total. The van der Waals surface area contributed by atoms with E-state index in [9.17, 15) is 9.59 Å². The zero-order valence-corrected chi connectivity index (χ0v) is 11.2. The maximum atomic E-state index is 12.2. The fraction of sp³-hybridized carbons (Fsp3) is 0.0714. The van der Waals surface area contributed by atoms with Gasteiger partial charge in [0.2, 0.25) is 5.76 Å². The minimum Gasteiger partial charge on any atom is -0.449 e. The van der Waals surface area contributed by atoms with Crippen molar-refractivity contribution in [2.24, 2.45) is 12.8 Å². The molecule has 2 aromatic heterocycles. The monoisotopic (exact) mass is 284 g/mol. The Morgan fingerprint density at radius 2 is 2.05 bits per heavy atom. The number of rotatable bonds is 3. The SMILES string of the molecule is Cn1ccc(C(=O)Nc2c(C(N)=O)oc3ccccc23)n1. The Morgan fingerprint density at radius 3 is 2.71 bits per heavy atom. The lowest BCUT2D eigenvalue weighted by Gasteiger charge is -2.02. The van der Waals surface area contributed by atoms with Gasteiger partial charge in [-0.05, 0) is 18.2 Å². The number of primary amides is 1. The predicted octanol–water partition coefficient (Wildman–Crippen LogP) is 1.52. The quantitative estimate of drug-likeness (QED) is 0.760. The van der Waals surface area contributed by atoms with Gasteiger partial charge in [-0.1, -0.05) is 12.1 Å². The fourth-order valence-electron chi connectivity index (χ4n) is 2.06. The Kier molecular flexibility index (Phi) is 2.94. The second-order valence-electron chi connectivity index (χ2n) is 4.50. The lowest BCUT2D eigenvalue weighted by atomic mass is 10.2. The minimum absolute atomic E-state index is 0.0829. The van der Waals surface area contributed by atoms with Crippen LogP contribution in [0.1, 0.15) is 21.0 Å². The summed E-state index contributed by atoms with van der Waals surface area (Å²) in [7, 11) is 1.71. The normalized spacial score (nSPS) is 10.7. The zero-order chi connectivity index (χ0) is 15.0. The standard InChI is InChI=1S/C14H12N4O3/c1-18-7-6-9(17-18)14(20)16-11-8-4-2-3-5-10(8)21-12(11)13(15)19/h2-7H,1H3,(H2,15,19)(H,16,20). The molecule has 0 saturated carbocycles. The van der Waals surface area contributed by atoms with Crippen molar-refractivity contribution in [3.8, 4) is 0 Å². The van der Waals surface area contributed by atoms with E-state index in [2.05, 4.69) is 10.4 Å². The number of furan rings is 1. The first kappa shape index (κ1) is 12.9. The van der Waals surface area contributed by atoms with Crippen LogP contribution in [0.4, 0.5) is 5.69 Å². The van der Waals surface area contributed by atoms with Crippen molar-refractivity contribution in [1.82, 2.24) is 9.78 Å². The topological polar surface area (TPSA) is 103 Å². The second kappa shape index (κ2) is 4.78. The molecule has 0 spiro atoms. The molecule has 1 aromatic carbocycles. The van der Waals surface area contributed by atoms with Crippen molar-refractivity contribution in [1.29, 1.82) is 0 Å². The molecule has 0 aliphatic heterocycles. The average molecular weight is 284 g/mol. The number of benzene rings is 1. The van der Waals surface area contributed by atoms with E-state index in [4.69, 9.17) is 10.2 Å². The molecule has 106 valence electrons. The van der Waals surface area contributed by atoms with Gasteiger partial charge in [0.05, 0.1) is 0 Å². The molecular formula is C14H12N4O3. The van der Waals surface area contributed by atoms with E-state index in [0.29, 0.717) is 11.0 Å². The molecule has 2 heterocycles. The summed E-state index contributed by atoms with van der Waals surface area (Å²) in [4.78, 5) is 23.6. The molecule has 0 fully saturated rings. The molecule has 0 aliphatic rings. The summed E-state index contributed by atoms with van der Waals surface area (Å²) in [6.45, 7) is 0. The third kappa shape index (κ3) is 2.25. The number of carbonyl (C=O) groups is 2. The van der Waals surface area contributed by atoms with E-state index in [-0.39, 0.29) is 17.1 Å². The summed E-state index contributed by atoms with van der Waals surface area (Å²) in [5.41, 5.74) is 6.26. The van der Waals surface area contributed by atoms with Crippen molar-refractivity contribution in [2.75, 3.05) is 5.32 Å². The first-order valence-corrected chi connectivity index (χ1v) is 6.18. The van der Waals surface area contributed by atoms with Crippen molar-refractivity contribution >= 4 is 28.5 Å². The summed E-state index contributed by atoms with van der Waals surface area (Å²) in [6, 6.07) is 8.54. The van der Waals surface area contributed by atoms with Gasteiger partial charge >= 0.3 is 0 Å². The molecule has 0 atom stereocenters. The number of fused-ring (bicyclic) bond motifs is 1. The van der Waals surface area contributed by atoms with Crippen LogP contribution in [-0.4, -0.2) is 21.6 Å². The Bertz CT molecular complexity index is 847. The molecule has 7 heteroatoms. The number of carbonyl (C=O) groups excluding carboxylic acids is 2. The number of anilines is 1. The van der Waals surface area contributed by atoms with Gasteiger partial charge in [-0.2, -0.15) is 5.10 Å². The van der Waals surface area contributed by atoms with E-state index in [0.717, 1.165) is 0 Å². The van der Waals surface area contributed by atoms with Crippen LogP contribution < -0.4 is 11.1 Å². The van der Waals surface area contributed by atoms with Crippen LogP contribution >= 0.6 is 0 Å². The number of aromatic nitrogens is 2. The Labute approximate surface area is 119 Å². The Hall–Kier alpha value is -3.09. The first-order chi connectivity index (χ1) is 10.1. The van der Waals surface area contributed by atoms with Gasteiger partial charge in [-0.3, -0.25) is 14.3 Å². The molecular weight excluding hydrogens is 272 g/mol. The minimum atomic E-state index is -0.748. The predicted molar refractivity (Wildman–Crippen MR) is 75.9 cm³/mol. The molecule has 0 bridgehead atoms. The Morgan fingerprint density at radius 1 is 1.29 bits per heavy atom. The van der Waals surface area contributed by atoms with Crippen LogP contribution in [0.5, 0.6) is 0 Å². The maximum Gasteiger partial charge on any atom is 0.286 e. The summed E-state index contributed by atoms with van der Waals surface area (Å²) in [6.07, 6.45) is 1.65. The first-order valence-electron chi connectivity index (χ1n) is 6.18. The van der Waals surface area contributed by atoms with Gasteiger partial charge in [0, 0.05) is 18.6 Å². The summed E-state index contributed by atoms with van der Waals surface area (Å²) < 4.78 is 6.90. The largest absolute Gasteiger partial charge is 0.449 e. The van der Waals surface area contributed by atoms with E-state index < -0.39 is 11.8 Å². The van der Waals surface area contributed by atoms with Crippen LogP contribution in [0.3, 0.4) is 0 Å². The van der Waals surface area contributed by atoms with Gasteiger partial charge in [-0.25, -0.2) is 0 Å². The lowest BCUT2D eigenvalue weighted by Crippen LogP contribution is -2.17. The number of para-hydroxylation sites is 1. The van der Waals surface area contributed by atoms with E-state index in [1.807, 2.05) is 0 Å². The van der Waals surface area contributed by atoms with Crippen molar-refractivity contribution in [3.63, 3.8) is 0 Å². The Balaban J connectivity index is 2.05. The number of aryl methyl sites for hydroxylation is 1. The van der Waals surface area contributed by atoms with Crippen molar-refractivity contribution in [2.45, 2.75) is 0 Å². The van der Waals surface area contributed by atoms with Gasteiger partial charge in [0.15, 0.2) is 5.69 Å². The molecule has 21 heavy (non-hydrogen) atoms. The van der Waals surface area contributed by atoms with Gasteiger partial charge < -0.3 is 15.5 Å². The van der Waals surface area contributed by atoms with E-state index in [1.54, 1.807) is 43.6 Å². The number of nitrogens with zero attached hydrogens (tertiary/aromatic N) is 2. The summed E-state index contributed by atoms with van der Waals surface area (Å²) >= 11 is 0. The number of hydrogen-bond donors (Lipinski definition) is 2. The van der Waals surface area contributed by atoms with Gasteiger partial charge in [-0.15, -0.1) is 0 Å². The molecule has 0 saturated heterocycles. The molecule has 0 aliphatic carbocycles. The third-order valence-corrected chi connectivity index (χ3v) is 3.00. The summed E-state index contributed by atoms with van der Waals surface area (Å²) in [5.74, 6) is -1.27. The highest BCUT2D eigenvalue weighted by atomic mass is 16.3. The van der Waals surface area contributed by atoms with Gasteiger partial charge in [0.1, 0.15) is 11.3 Å². The maximum absolute atomic E-state index is 12.2. The van der Waals surface area contributed by atoms with Crippen molar-refractivity contribution < 1.29 is 14.0 Å². The summed E-state index contributed by atoms with van der Waals surface area (Å²) in [5, 5.41) is 7.25. The molecule has 2 amide bonds. The van der Waals surface area contributed by atoms with Crippen molar-refractivity contribution in [3.05, 3.63) is 48.0 Å². The van der Waals surface area contributed by atoms with Crippen LogP contribution in [-0.2, 0) is 7.05 Å². The average Bonchev–Trinajstić information content (AvgIpc) is 3.03. The molecule has 0 unspecified atom stereocenters. The number of nitrogens with one attached hydrogen (secondary N) is 1. The smallest absolute Gasteiger partial charge is 0.286 e. The van der Waals surface area contributed by atoms with Crippen LogP contribution in [0.25, 0.3) is 11.0 Å². The van der Waals surface area contributed by atoms with Crippen LogP contribution in [0.15, 0.2) is 40.9 Å². The number of amides is 2. The molecule has 3 aromatic rings. The van der Waals surface area contributed by atoms with E-state index >= 15 is 0 Å². The second-order valence-corrected chi connectivity index (χ2v) is 4.50. The third-order valence-electron chi connectivity index (χ3n) is 3.00. The highest BCUT2D eigenvalue weighted by Gasteiger charge is 2.21. The number of hydrogen-bond acceptors (Lipinski definition) is 4. The lowest BCUT2D eigenvalue weighted by molar-refractivity contribution is 0.0977. The van der Waals surface area contributed by atoms with Crippen LogP contribution in [0.2, 0.25) is 0 Å². The fourth-order valence-corrected chi connectivity index (χ4v) is 2.06. The van der Waals surface area contributed by atoms with Crippen LogP contribution in [0, 0.1) is 0 Å². The zero-order valence-electron chi connectivity index (χ0n) is 11.2. The van der Waals surface area contributed by atoms with E-state index in [1.165, 1.54) is 4.68 Å².